The van der Waals surface area contributed by atoms with Crippen molar-refractivity contribution in [1.29, 1.82) is 0 Å². The summed E-state index contributed by atoms with van der Waals surface area (Å²) in [7, 11) is -3.58. The van der Waals surface area contributed by atoms with Gasteiger partial charge in [-0.1, -0.05) is 23.7 Å². The topological polar surface area (TPSA) is 101 Å². The number of carboxylic acids is 1. The first-order chi connectivity index (χ1) is 9.63. The Kier molecular flexibility index (Phi) is 5.74. The number of hydrogen-bond donors (Lipinski definition) is 2. The van der Waals surface area contributed by atoms with Crippen molar-refractivity contribution in [1.82, 2.24) is 5.32 Å². The molecule has 1 aromatic carbocycles. The van der Waals surface area contributed by atoms with E-state index in [9.17, 15) is 18.0 Å². The molecular weight excluding hydrogens is 318 g/mol. The first-order valence-corrected chi connectivity index (χ1v) is 8.22. The van der Waals surface area contributed by atoms with Crippen LogP contribution in [0.1, 0.15) is 25.5 Å². The quantitative estimate of drug-likeness (QED) is 0.819. The van der Waals surface area contributed by atoms with Gasteiger partial charge in [0, 0.05) is 5.02 Å². The second-order valence-corrected chi connectivity index (χ2v) is 7.74. The number of carbonyl (C=O) groups excluding carboxylic acids is 1. The second kappa shape index (κ2) is 6.91. The molecular formula is C13H16ClNO5S. The number of halogens is 1. The van der Waals surface area contributed by atoms with E-state index in [2.05, 4.69) is 5.32 Å². The Balaban J connectivity index is 2.88. The summed E-state index contributed by atoms with van der Waals surface area (Å²) in [5.41, 5.74) is 0.308. The average molecular weight is 334 g/mol. The zero-order valence-corrected chi connectivity index (χ0v) is 13.1. The minimum Gasteiger partial charge on any atom is -0.479 e. The first kappa shape index (κ1) is 17.5. The zero-order chi connectivity index (χ0) is 16.2. The van der Waals surface area contributed by atoms with Crippen LogP contribution in [0, 0.1) is 0 Å². The highest BCUT2D eigenvalue weighted by atomic mass is 35.5. The molecule has 0 aliphatic carbocycles. The number of amides is 1. The highest BCUT2D eigenvalue weighted by Crippen LogP contribution is 2.17. The van der Waals surface area contributed by atoms with Gasteiger partial charge in [-0.25, -0.2) is 13.2 Å². The summed E-state index contributed by atoms with van der Waals surface area (Å²) in [5, 5.41) is 11.1. The molecule has 8 heteroatoms. The fourth-order valence-electron chi connectivity index (χ4n) is 1.49. The highest BCUT2D eigenvalue weighted by Gasteiger charge is 2.26. The largest absolute Gasteiger partial charge is 0.479 e. The second-order valence-electron chi connectivity index (χ2n) is 4.75. The summed E-state index contributed by atoms with van der Waals surface area (Å²) in [6.07, 6.45) is 0. The number of rotatable bonds is 6. The standard InChI is InChI=1S/C13H16ClNO5S/c1-8(2)21(19,20)7-11(16)15-12(13(17)18)9-3-5-10(14)6-4-9/h3-6,8,12H,7H2,1-2H3,(H,15,16)(H,17,18). The van der Waals surface area contributed by atoms with Crippen molar-refractivity contribution in [2.75, 3.05) is 5.75 Å². The van der Waals surface area contributed by atoms with E-state index in [1.807, 2.05) is 0 Å². The summed E-state index contributed by atoms with van der Waals surface area (Å²) >= 11 is 5.71. The molecule has 0 aliphatic rings. The summed E-state index contributed by atoms with van der Waals surface area (Å²) in [5.74, 6) is -2.89. The maximum Gasteiger partial charge on any atom is 0.330 e. The smallest absolute Gasteiger partial charge is 0.330 e. The highest BCUT2D eigenvalue weighted by molar-refractivity contribution is 7.92. The molecule has 0 saturated heterocycles. The van der Waals surface area contributed by atoms with E-state index in [4.69, 9.17) is 16.7 Å². The molecule has 1 amide bonds. The summed E-state index contributed by atoms with van der Waals surface area (Å²) in [4.78, 5) is 23.0. The maximum atomic E-state index is 11.7. The van der Waals surface area contributed by atoms with E-state index in [0.29, 0.717) is 10.6 Å². The van der Waals surface area contributed by atoms with Gasteiger partial charge in [0.2, 0.25) is 5.91 Å². The van der Waals surface area contributed by atoms with E-state index in [1.54, 1.807) is 0 Å². The van der Waals surface area contributed by atoms with Gasteiger partial charge in [0.05, 0.1) is 5.25 Å². The van der Waals surface area contributed by atoms with Crippen LogP contribution in [0.2, 0.25) is 5.02 Å². The van der Waals surface area contributed by atoms with Crippen molar-refractivity contribution in [2.45, 2.75) is 25.1 Å². The Morgan fingerprint density at radius 2 is 1.76 bits per heavy atom. The third kappa shape index (κ3) is 5.02. The lowest BCUT2D eigenvalue weighted by Crippen LogP contribution is -2.38. The van der Waals surface area contributed by atoms with Crippen LogP contribution in [0.15, 0.2) is 24.3 Å². The average Bonchev–Trinajstić information content (AvgIpc) is 2.36. The molecule has 0 radical (unpaired) electrons. The molecule has 1 atom stereocenters. The molecule has 116 valence electrons. The predicted molar refractivity (Wildman–Crippen MR) is 78.9 cm³/mol. The summed E-state index contributed by atoms with van der Waals surface area (Å²) in [6, 6.07) is 4.57. The fraction of sp³-hybridized carbons (Fsp3) is 0.385. The SMILES string of the molecule is CC(C)S(=O)(=O)CC(=O)NC(C(=O)O)c1ccc(Cl)cc1. The van der Waals surface area contributed by atoms with Crippen LogP contribution in [0.5, 0.6) is 0 Å². The van der Waals surface area contributed by atoms with Crippen molar-refractivity contribution in [3.63, 3.8) is 0 Å². The Morgan fingerprint density at radius 3 is 2.19 bits per heavy atom. The molecule has 0 bridgehead atoms. The van der Waals surface area contributed by atoms with Crippen LogP contribution in [0.4, 0.5) is 0 Å². The molecule has 1 unspecified atom stereocenters. The van der Waals surface area contributed by atoms with Crippen molar-refractivity contribution in [3.8, 4) is 0 Å². The summed E-state index contributed by atoms with van der Waals surface area (Å²) in [6.45, 7) is 2.91. The van der Waals surface area contributed by atoms with E-state index >= 15 is 0 Å². The Bertz CT molecular complexity index is 624. The van der Waals surface area contributed by atoms with Gasteiger partial charge in [0.25, 0.3) is 0 Å². The molecule has 1 rings (SSSR count). The molecule has 1 aromatic rings. The van der Waals surface area contributed by atoms with Crippen LogP contribution in [0.25, 0.3) is 0 Å². The molecule has 0 fully saturated rings. The van der Waals surface area contributed by atoms with E-state index in [1.165, 1.54) is 38.1 Å². The van der Waals surface area contributed by atoms with Gasteiger partial charge in [0.1, 0.15) is 5.75 Å². The molecule has 6 nitrogen and oxygen atoms in total. The van der Waals surface area contributed by atoms with E-state index in [-0.39, 0.29) is 0 Å². The number of nitrogens with one attached hydrogen (secondary N) is 1. The van der Waals surface area contributed by atoms with Crippen LogP contribution in [0.3, 0.4) is 0 Å². The van der Waals surface area contributed by atoms with Crippen LogP contribution < -0.4 is 5.32 Å². The predicted octanol–water partition coefficient (Wildman–Crippen LogP) is 1.41. The third-order valence-electron chi connectivity index (χ3n) is 2.81. The minimum absolute atomic E-state index is 0.308. The molecule has 0 heterocycles. The normalized spacial score (nSPS) is 13.0. The fourth-order valence-corrected chi connectivity index (χ4v) is 2.40. The maximum absolute atomic E-state index is 11.7. The van der Waals surface area contributed by atoms with Gasteiger partial charge in [-0.3, -0.25) is 4.79 Å². The lowest BCUT2D eigenvalue weighted by molar-refractivity contribution is -0.141. The zero-order valence-electron chi connectivity index (χ0n) is 11.5. The third-order valence-corrected chi connectivity index (χ3v) is 5.16. The van der Waals surface area contributed by atoms with Gasteiger partial charge >= 0.3 is 5.97 Å². The van der Waals surface area contributed by atoms with Crippen LogP contribution in [-0.2, 0) is 19.4 Å². The molecule has 0 aromatic heterocycles. The molecule has 0 saturated carbocycles. The number of carboxylic acid groups (broad SMARTS) is 1. The first-order valence-electron chi connectivity index (χ1n) is 6.12. The number of aliphatic carboxylic acids is 1. The van der Waals surface area contributed by atoms with Gasteiger partial charge in [-0.2, -0.15) is 0 Å². The van der Waals surface area contributed by atoms with Gasteiger partial charge in [-0.05, 0) is 31.5 Å². The Hall–Kier alpha value is -1.60. The minimum atomic E-state index is -3.58. The molecule has 0 aliphatic heterocycles. The van der Waals surface area contributed by atoms with Crippen molar-refractivity contribution >= 4 is 33.3 Å². The molecule has 0 spiro atoms. The van der Waals surface area contributed by atoms with Crippen LogP contribution >= 0.6 is 11.6 Å². The number of hydrogen-bond acceptors (Lipinski definition) is 4. The monoisotopic (exact) mass is 333 g/mol. The van der Waals surface area contributed by atoms with E-state index < -0.39 is 38.8 Å². The van der Waals surface area contributed by atoms with E-state index in [0.717, 1.165) is 0 Å². The Morgan fingerprint density at radius 1 is 1.24 bits per heavy atom. The van der Waals surface area contributed by atoms with Crippen molar-refractivity contribution in [2.24, 2.45) is 0 Å². The van der Waals surface area contributed by atoms with Crippen LogP contribution in [-0.4, -0.2) is 36.4 Å². The van der Waals surface area contributed by atoms with Gasteiger partial charge in [0.15, 0.2) is 15.9 Å². The molecule has 2 N–H and O–H groups in total. The van der Waals surface area contributed by atoms with Gasteiger partial charge in [-0.15, -0.1) is 0 Å². The molecule has 21 heavy (non-hydrogen) atoms. The van der Waals surface area contributed by atoms with Crippen molar-refractivity contribution in [3.05, 3.63) is 34.9 Å². The number of benzene rings is 1. The number of sulfone groups is 1. The van der Waals surface area contributed by atoms with Gasteiger partial charge < -0.3 is 10.4 Å². The Labute approximate surface area is 128 Å². The number of carbonyl (C=O) groups is 2. The lowest BCUT2D eigenvalue weighted by atomic mass is 10.1. The van der Waals surface area contributed by atoms with Crippen molar-refractivity contribution < 1.29 is 23.1 Å². The summed E-state index contributed by atoms with van der Waals surface area (Å²) < 4.78 is 23.3. The lowest BCUT2D eigenvalue weighted by Gasteiger charge is -2.15.